The van der Waals surface area contributed by atoms with E-state index in [-0.39, 0.29) is 5.43 Å². The number of fused-ring (bicyclic) bond motifs is 4. The first-order valence-electron chi connectivity index (χ1n) is 7.82. The zero-order chi connectivity index (χ0) is 17.0. The van der Waals surface area contributed by atoms with Gasteiger partial charge in [0, 0.05) is 11.6 Å². The number of nitrogen functional groups attached to an aromatic ring is 1. The van der Waals surface area contributed by atoms with Crippen molar-refractivity contribution in [2.75, 3.05) is 5.73 Å². The lowest BCUT2D eigenvalue weighted by molar-refractivity contribution is 0.620. The topological polar surface area (TPSA) is 69.1 Å². The van der Waals surface area contributed by atoms with Crippen LogP contribution in [0.3, 0.4) is 0 Å². The predicted octanol–water partition coefficient (Wildman–Crippen LogP) is 4.81. The summed E-state index contributed by atoms with van der Waals surface area (Å²) in [6, 6.07) is 19.2. The van der Waals surface area contributed by atoms with Crippen molar-refractivity contribution in [3.63, 3.8) is 0 Å². The lowest BCUT2D eigenvalue weighted by atomic mass is 10.0. The van der Waals surface area contributed by atoms with E-state index in [1.54, 1.807) is 12.1 Å². The number of benzene rings is 3. The molecule has 0 aliphatic carbocycles. The van der Waals surface area contributed by atoms with Crippen LogP contribution in [0, 0.1) is 0 Å². The number of thiazole rings is 1. The van der Waals surface area contributed by atoms with Crippen molar-refractivity contribution in [3.05, 3.63) is 70.9 Å². The molecule has 25 heavy (non-hydrogen) atoms. The molecule has 0 bridgehead atoms. The Balaban J connectivity index is 1.86. The molecule has 0 saturated heterocycles. The fraction of sp³-hybridized carbons (Fsp3) is 0. The van der Waals surface area contributed by atoms with Crippen LogP contribution < -0.4 is 11.2 Å². The first kappa shape index (κ1) is 14.2. The maximum absolute atomic E-state index is 12.8. The molecule has 0 aliphatic rings. The minimum atomic E-state index is -0.0848. The normalized spacial score (nSPS) is 11.5. The Kier molecular flexibility index (Phi) is 2.93. The van der Waals surface area contributed by atoms with E-state index < -0.39 is 0 Å². The average Bonchev–Trinajstić information content (AvgIpc) is 3.01. The molecular weight excluding hydrogens is 332 g/mol. The van der Waals surface area contributed by atoms with Gasteiger partial charge in [0.1, 0.15) is 11.3 Å². The van der Waals surface area contributed by atoms with Gasteiger partial charge in [0.25, 0.3) is 0 Å². The summed E-state index contributed by atoms with van der Waals surface area (Å²) in [5, 5.41) is 3.14. The number of nitrogens with two attached hydrogens (primary N) is 1. The van der Waals surface area contributed by atoms with Crippen LogP contribution in [0.2, 0.25) is 0 Å². The summed E-state index contributed by atoms with van der Waals surface area (Å²) >= 11 is 1.31. The van der Waals surface area contributed by atoms with Crippen LogP contribution in [0.25, 0.3) is 43.3 Å². The maximum Gasteiger partial charge on any atom is 0.194 e. The minimum absolute atomic E-state index is 0.0848. The van der Waals surface area contributed by atoms with E-state index in [2.05, 4.69) is 4.98 Å². The molecular formula is C20H12N2O2S. The number of hydrogen-bond acceptors (Lipinski definition) is 5. The smallest absolute Gasteiger partial charge is 0.194 e. The van der Waals surface area contributed by atoms with Gasteiger partial charge < -0.3 is 10.2 Å². The molecule has 0 radical (unpaired) electrons. The number of rotatable bonds is 1. The van der Waals surface area contributed by atoms with Gasteiger partial charge in [-0.25, -0.2) is 4.98 Å². The third-order valence-corrected chi connectivity index (χ3v) is 5.24. The summed E-state index contributed by atoms with van der Waals surface area (Å²) in [5.74, 6) is 0.561. The third kappa shape index (κ3) is 2.13. The summed E-state index contributed by atoms with van der Waals surface area (Å²) in [4.78, 5) is 17.1. The SMILES string of the molecule is Nc1nc2ccc3oc(-c4cccc5ccccc45)cc(=O)c3c2s1. The fourth-order valence-electron chi connectivity index (χ4n) is 3.22. The monoisotopic (exact) mass is 344 g/mol. The van der Waals surface area contributed by atoms with Crippen molar-refractivity contribution in [1.29, 1.82) is 0 Å². The molecule has 2 heterocycles. The highest BCUT2D eigenvalue weighted by atomic mass is 32.1. The molecule has 5 rings (SSSR count). The van der Waals surface area contributed by atoms with Crippen molar-refractivity contribution in [2.24, 2.45) is 0 Å². The zero-order valence-corrected chi connectivity index (χ0v) is 13.8. The second-order valence-electron chi connectivity index (χ2n) is 5.84. The Morgan fingerprint density at radius 1 is 1.00 bits per heavy atom. The molecule has 4 nitrogen and oxygen atoms in total. The molecule has 5 aromatic rings. The predicted molar refractivity (Wildman–Crippen MR) is 103 cm³/mol. The molecule has 3 aromatic carbocycles. The van der Waals surface area contributed by atoms with Crippen molar-refractivity contribution in [1.82, 2.24) is 4.98 Å². The summed E-state index contributed by atoms with van der Waals surface area (Å²) in [5.41, 5.74) is 7.88. The molecule has 5 heteroatoms. The van der Waals surface area contributed by atoms with Crippen LogP contribution in [-0.4, -0.2) is 4.98 Å². The van der Waals surface area contributed by atoms with Crippen LogP contribution in [0.4, 0.5) is 5.13 Å². The van der Waals surface area contributed by atoms with Crippen LogP contribution in [0.5, 0.6) is 0 Å². The molecule has 120 valence electrons. The zero-order valence-electron chi connectivity index (χ0n) is 13.0. The van der Waals surface area contributed by atoms with Gasteiger partial charge in [-0.1, -0.05) is 53.8 Å². The van der Waals surface area contributed by atoms with Gasteiger partial charge in [0.2, 0.25) is 0 Å². The average molecular weight is 344 g/mol. The fourth-order valence-corrected chi connectivity index (χ4v) is 4.10. The Labute approximate surface area is 146 Å². The number of aromatic nitrogens is 1. The highest BCUT2D eigenvalue weighted by molar-refractivity contribution is 7.22. The van der Waals surface area contributed by atoms with Gasteiger partial charge in [-0.05, 0) is 22.9 Å². The summed E-state index contributed by atoms with van der Waals surface area (Å²) in [6.07, 6.45) is 0. The molecule has 2 N–H and O–H groups in total. The van der Waals surface area contributed by atoms with Crippen molar-refractivity contribution in [3.8, 4) is 11.3 Å². The van der Waals surface area contributed by atoms with E-state index in [1.165, 1.54) is 11.3 Å². The molecule has 0 unspecified atom stereocenters. The lowest BCUT2D eigenvalue weighted by Gasteiger charge is -2.07. The van der Waals surface area contributed by atoms with Crippen molar-refractivity contribution < 1.29 is 4.42 Å². The highest BCUT2D eigenvalue weighted by Crippen LogP contribution is 2.33. The van der Waals surface area contributed by atoms with Gasteiger partial charge in [0.15, 0.2) is 10.6 Å². The highest BCUT2D eigenvalue weighted by Gasteiger charge is 2.14. The first-order valence-corrected chi connectivity index (χ1v) is 8.63. The van der Waals surface area contributed by atoms with E-state index >= 15 is 0 Å². The molecule has 0 spiro atoms. The second-order valence-corrected chi connectivity index (χ2v) is 6.87. The largest absolute Gasteiger partial charge is 0.456 e. The summed E-state index contributed by atoms with van der Waals surface area (Å²) < 4.78 is 6.86. The van der Waals surface area contributed by atoms with E-state index in [0.29, 0.717) is 21.9 Å². The summed E-state index contributed by atoms with van der Waals surface area (Å²) in [7, 11) is 0. The van der Waals surface area contributed by atoms with E-state index in [4.69, 9.17) is 10.2 Å². The van der Waals surface area contributed by atoms with Gasteiger partial charge >= 0.3 is 0 Å². The van der Waals surface area contributed by atoms with Crippen LogP contribution in [-0.2, 0) is 0 Å². The van der Waals surface area contributed by atoms with Crippen LogP contribution >= 0.6 is 11.3 Å². The van der Waals surface area contributed by atoms with Gasteiger partial charge in [-0.15, -0.1) is 0 Å². The van der Waals surface area contributed by atoms with Crippen molar-refractivity contribution >= 4 is 48.4 Å². The standard InChI is InChI=1S/C20H12N2O2S/c21-20-22-14-8-9-16-18(19(14)25-20)15(23)10-17(24-16)13-7-3-5-11-4-1-2-6-12(11)13/h1-10H,(H2,21,22). The lowest BCUT2D eigenvalue weighted by Crippen LogP contribution is -2.00. The molecule has 0 fully saturated rings. The minimum Gasteiger partial charge on any atom is -0.456 e. The van der Waals surface area contributed by atoms with Gasteiger partial charge in [0.05, 0.1) is 15.6 Å². The molecule has 0 atom stereocenters. The molecule has 0 aliphatic heterocycles. The third-order valence-electron chi connectivity index (χ3n) is 4.32. The van der Waals surface area contributed by atoms with Crippen LogP contribution in [0.15, 0.2) is 69.9 Å². The van der Waals surface area contributed by atoms with Crippen LogP contribution in [0.1, 0.15) is 0 Å². The molecule has 0 amide bonds. The number of hydrogen-bond donors (Lipinski definition) is 1. The van der Waals surface area contributed by atoms with Crippen molar-refractivity contribution in [2.45, 2.75) is 0 Å². The van der Waals surface area contributed by atoms with E-state index in [0.717, 1.165) is 26.6 Å². The molecule has 0 saturated carbocycles. The second kappa shape index (κ2) is 5.16. The first-order chi connectivity index (χ1) is 12.2. The van der Waals surface area contributed by atoms with Gasteiger partial charge in [-0.2, -0.15) is 0 Å². The quantitative estimate of drug-likeness (QED) is 0.474. The Morgan fingerprint density at radius 2 is 1.84 bits per heavy atom. The molecule has 2 aromatic heterocycles. The summed E-state index contributed by atoms with van der Waals surface area (Å²) in [6.45, 7) is 0. The van der Waals surface area contributed by atoms with E-state index in [9.17, 15) is 4.79 Å². The maximum atomic E-state index is 12.8. The number of anilines is 1. The Morgan fingerprint density at radius 3 is 2.76 bits per heavy atom. The Bertz CT molecular complexity index is 1330. The number of nitrogens with zero attached hydrogens (tertiary/aromatic N) is 1. The Hall–Kier alpha value is -3.18. The van der Waals surface area contributed by atoms with Gasteiger partial charge in [-0.3, -0.25) is 4.79 Å². The van der Waals surface area contributed by atoms with E-state index in [1.807, 2.05) is 48.5 Å².